The Balaban J connectivity index is 4.87. The summed E-state index contributed by atoms with van der Waals surface area (Å²) in [7, 11) is 0. The monoisotopic (exact) mass is 236 g/mol. The maximum Gasteiger partial charge on any atom is 0.136 e. The van der Waals surface area contributed by atoms with Crippen LogP contribution in [0.1, 0.15) is 26.7 Å². The first-order chi connectivity index (χ1) is 7.67. The summed E-state index contributed by atoms with van der Waals surface area (Å²) in [6, 6.07) is 0. The van der Waals surface area contributed by atoms with Crippen LogP contribution < -0.4 is 0 Å². The third-order valence-corrected chi connectivity index (χ3v) is 2.75. The molecule has 0 aromatic carbocycles. The van der Waals surface area contributed by atoms with Gasteiger partial charge in [-0.2, -0.15) is 0 Å². The Morgan fingerprint density at radius 1 is 1.44 bits per heavy atom. The topological polar surface area (TPSA) is 17.1 Å². The van der Waals surface area contributed by atoms with Crippen LogP contribution in [0, 0.1) is 0 Å². The van der Waals surface area contributed by atoms with E-state index in [9.17, 15) is 4.79 Å². The normalized spacial score (nSPS) is 13.2. The molecule has 0 aromatic rings. The lowest BCUT2D eigenvalue weighted by molar-refractivity contribution is -0.118. The van der Waals surface area contributed by atoms with Crippen LogP contribution in [0.3, 0.4) is 0 Å². The molecule has 0 N–H and O–H groups in total. The van der Waals surface area contributed by atoms with Gasteiger partial charge in [0.1, 0.15) is 5.78 Å². The number of hydrogen-bond donors (Lipinski definition) is 0. The molecule has 0 aliphatic carbocycles. The van der Waals surface area contributed by atoms with E-state index in [-0.39, 0.29) is 5.78 Å². The molecule has 2 heteroatoms. The number of thioether (sulfide) groups is 1. The van der Waals surface area contributed by atoms with Crippen molar-refractivity contribution in [2.45, 2.75) is 26.7 Å². The van der Waals surface area contributed by atoms with Crippen molar-refractivity contribution < 1.29 is 4.79 Å². The number of hydrogen-bond acceptors (Lipinski definition) is 2. The fraction of sp³-hybridized carbons (Fsp3) is 0.357. The van der Waals surface area contributed by atoms with E-state index in [1.807, 2.05) is 44.4 Å². The van der Waals surface area contributed by atoms with Crippen LogP contribution in [0.2, 0.25) is 0 Å². The quantitative estimate of drug-likeness (QED) is 0.613. The highest BCUT2D eigenvalue weighted by Crippen LogP contribution is 2.18. The molecule has 1 nitrogen and oxygen atoms in total. The first kappa shape index (κ1) is 15.0. The first-order valence-electron chi connectivity index (χ1n) is 5.39. The molecule has 0 aromatic heterocycles. The molecular weight excluding hydrogens is 216 g/mol. The Morgan fingerprint density at radius 2 is 2.12 bits per heavy atom. The van der Waals surface area contributed by atoms with E-state index >= 15 is 0 Å². The molecule has 16 heavy (non-hydrogen) atoms. The number of rotatable bonds is 7. The van der Waals surface area contributed by atoms with Crippen molar-refractivity contribution in [3.8, 4) is 0 Å². The van der Waals surface area contributed by atoms with E-state index in [0.717, 1.165) is 10.5 Å². The summed E-state index contributed by atoms with van der Waals surface area (Å²) >= 11 is 1.65. The second kappa shape index (κ2) is 9.22. The van der Waals surface area contributed by atoms with E-state index in [0.29, 0.717) is 12.8 Å². The number of allylic oxidation sites excluding steroid dienone is 6. The van der Waals surface area contributed by atoms with Gasteiger partial charge in [0.15, 0.2) is 0 Å². The lowest BCUT2D eigenvalue weighted by Crippen LogP contribution is -1.96. The standard InChI is InChI=1S/C14H20OS/c1-5-8-12(10-13(15)7-3)11-14(16-4)9-6-2/h5-6,8-9,11H,2,7,10H2,1,3-4H3/b8-5-,12-11-,14-9+. The SMILES string of the molecule is C=C\C=C(/C=C(/C=C\C)CC(=O)CC)SC. The molecule has 0 saturated carbocycles. The van der Waals surface area contributed by atoms with Gasteiger partial charge < -0.3 is 0 Å². The summed E-state index contributed by atoms with van der Waals surface area (Å²) < 4.78 is 0. The molecule has 0 aliphatic heterocycles. The van der Waals surface area contributed by atoms with E-state index < -0.39 is 0 Å². The molecular formula is C14H20OS. The molecule has 88 valence electrons. The molecule has 0 aliphatic rings. The van der Waals surface area contributed by atoms with Gasteiger partial charge in [-0.05, 0) is 30.9 Å². The summed E-state index contributed by atoms with van der Waals surface area (Å²) in [5.41, 5.74) is 1.05. The van der Waals surface area contributed by atoms with Gasteiger partial charge in [-0.3, -0.25) is 4.79 Å². The zero-order valence-electron chi connectivity index (χ0n) is 10.3. The van der Waals surface area contributed by atoms with Gasteiger partial charge in [0.2, 0.25) is 0 Å². The van der Waals surface area contributed by atoms with E-state index in [1.54, 1.807) is 17.8 Å². The minimum absolute atomic E-state index is 0.267. The first-order valence-corrected chi connectivity index (χ1v) is 6.62. The predicted molar refractivity (Wildman–Crippen MR) is 74.6 cm³/mol. The highest BCUT2D eigenvalue weighted by molar-refractivity contribution is 8.02. The van der Waals surface area contributed by atoms with Gasteiger partial charge in [-0.25, -0.2) is 0 Å². The lowest BCUT2D eigenvalue weighted by atomic mass is 10.1. The zero-order chi connectivity index (χ0) is 12.4. The van der Waals surface area contributed by atoms with Gasteiger partial charge in [0.25, 0.3) is 0 Å². The molecule has 0 fully saturated rings. The Kier molecular flexibility index (Phi) is 8.64. The van der Waals surface area contributed by atoms with E-state index in [4.69, 9.17) is 0 Å². The largest absolute Gasteiger partial charge is 0.299 e. The maximum absolute atomic E-state index is 11.4. The second-order valence-electron chi connectivity index (χ2n) is 3.30. The van der Waals surface area contributed by atoms with E-state index in [1.165, 1.54) is 0 Å². The zero-order valence-corrected chi connectivity index (χ0v) is 11.1. The van der Waals surface area contributed by atoms with Crippen molar-refractivity contribution in [1.29, 1.82) is 0 Å². The molecule has 0 saturated heterocycles. The average molecular weight is 236 g/mol. The fourth-order valence-electron chi connectivity index (χ4n) is 1.20. The van der Waals surface area contributed by atoms with Crippen LogP contribution in [0.4, 0.5) is 0 Å². The average Bonchev–Trinajstić information content (AvgIpc) is 2.28. The van der Waals surface area contributed by atoms with Crippen LogP contribution in [0.5, 0.6) is 0 Å². The number of ketones is 1. The summed E-state index contributed by atoms with van der Waals surface area (Å²) in [6.45, 7) is 7.53. The van der Waals surface area contributed by atoms with Crippen molar-refractivity contribution in [2.24, 2.45) is 0 Å². The maximum atomic E-state index is 11.4. The van der Waals surface area contributed by atoms with Gasteiger partial charge >= 0.3 is 0 Å². The molecule has 0 radical (unpaired) electrons. The molecule has 0 spiro atoms. The third-order valence-electron chi connectivity index (χ3n) is 2.02. The predicted octanol–water partition coefficient (Wildman–Crippen LogP) is 4.29. The van der Waals surface area contributed by atoms with Crippen molar-refractivity contribution in [2.75, 3.05) is 6.26 Å². The van der Waals surface area contributed by atoms with Crippen LogP contribution in [0.25, 0.3) is 0 Å². The fourth-order valence-corrected chi connectivity index (χ4v) is 1.70. The van der Waals surface area contributed by atoms with Gasteiger partial charge in [-0.15, -0.1) is 11.8 Å². The van der Waals surface area contributed by atoms with Gasteiger partial charge in [-0.1, -0.05) is 31.7 Å². The molecule has 0 heterocycles. The molecule has 0 unspecified atom stereocenters. The summed E-state index contributed by atoms with van der Waals surface area (Å²) in [5, 5.41) is 0. The highest BCUT2D eigenvalue weighted by atomic mass is 32.2. The minimum Gasteiger partial charge on any atom is -0.299 e. The molecule has 0 rings (SSSR count). The molecule has 0 amide bonds. The number of carbonyl (C=O) groups is 1. The van der Waals surface area contributed by atoms with Crippen molar-refractivity contribution in [3.63, 3.8) is 0 Å². The lowest BCUT2D eigenvalue weighted by Gasteiger charge is -2.02. The second-order valence-corrected chi connectivity index (χ2v) is 4.18. The molecule has 0 bridgehead atoms. The van der Waals surface area contributed by atoms with Crippen molar-refractivity contribution in [1.82, 2.24) is 0 Å². The highest BCUT2D eigenvalue weighted by Gasteiger charge is 2.02. The van der Waals surface area contributed by atoms with Gasteiger partial charge in [0, 0.05) is 17.7 Å². The Bertz CT molecular complexity index is 322. The van der Waals surface area contributed by atoms with Gasteiger partial charge in [0.05, 0.1) is 0 Å². The molecule has 0 atom stereocenters. The Labute approximate surface area is 103 Å². The summed E-state index contributed by atoms with van der Waals surface area (Å²) in [6.07, 6.45) is 12.8. The third kappa shape index (κ3) is 6.46. The Morgan fingerprint density at radius 3 is 2.56 bits per heavy atom. The summed E-state index contributed by atoms with van der Waals surface area (Å²) in [4.78, 5) is 12.5. The van der Waals surface area contributed by atoms with Crippen LogP contribution in [-0.2, 0) is 4.79 Å². The smallest absolute Gasteiger partial charge is 0.136 e. The Hall–Kier alpha value is -1.02. The van der Waals surface area contributed by atoms with Crippen molar-refractivity contribution in [3.05, 3.63) is 47.4 Å². The number of Topliss-reactive ketones (excluding diaryl/α,β-unsaturated/α-hetero) is 1. The van der Waals surface area contributed by atoms with Crippen LogP contribution in [0.15, 0.2) is 47.4 Å². The van der Waals surface area contributed by atoms with Crippen LogP contribution in [-0.4, -0.2) is 12.0 Å². The summed E-state index contributed by atoms with van der Waals surface area (Å²) in [5.74, 6) is 0.267. The van der Waals surface area contributed by atoms with E-state index in [2.05, 4.69) is 6.58 Å². The van der Waals surface area contributed by atoms with Crippen molar-refractivity contribution >= 4 is 17.5 Å². The minimum atomic E-state index is 0.267. The number of carbonyl (C=O) groups excluding carboxylic acids is 1. The van der Waals surface area contributed by atoms with Crippen LogP contribution >= 0.6 is 11.8 Å².